The van der Waals surface area contributed by atoms with E-state index in [4.69, 9.17) is 10.1 Å². The summed E-state index contributed by atoms with van der Waals surface area (Å²) in [4.78, 5) is 20.1. The summed E-state index contributed by atoms with van der Waals surface area (Å²) < 4.78 is 1.92. The lowest BCUT2D eigenvalue weighted by molar-refractivity contribution is -0.126. The van der Waals surface area contributed by atoms with Crippen molar-refractivity contribution in [3.63, 3.8) is 0 Å². The summed E-state index contributed by atoms with van der Waals surface area (Å²) in [5.74, 6) is 1.19. The van der Waals surface area contributed by atoms with Gasteiger partial charge in [-0.2, -0.15) is 5.10 Å². The molecule has 0 radical (unpaired) electrons. The maximum absolute atomic E-state index is 13.1. The van der Waals surface area contributed by atoms with Crippen molar-refractivity contribution >= 4 is 17.2 Å². The van der Waals surface area contributed by atoms with Crippen molar-refractivity contribution in [3.8, 4) is 11.3 Å². The molecule has 3 heterocycles. The normalized spacial score (nSPS) is 18.1. The molecule has 0 unspecified atom stereocenters. The minimum absolute atomic E-state index is 0.0507. The number of benzene rings is 2. The number of anilines is 1. The van der Waals surface area contributed by atoms with Crippen LogP contribution in [-0.4, -0.2) is 33.6 Å². The van der Waals surface area contributed by atoms with Gasteiger partial charge in [0.15, 0.2) is 5.82 Å². The molecule has 178 valence electrons. The number of aromatic nitrogens is 3. The number of hydrogen-bond acceptors (Lipinski definition) is 4. The molecule has 1 amide bonds. The van der Waals surface area contributed by atoms with Crippen molar-refractivity contribution < 1.29 is 4.79 Å². The number of amides is 1. The van der Waals surface area contributed by atoms with Gasteiger partial charge in [0, 0.05) is 37.0 Å². The van der Waals surface area contributed by atoms with Crippen LogP contribution in [0.2, 0.25) is 0 Å². The molecule has 1 atom stereocenters. The number of piperidine rings is 1. The van der Waals surface area contributed by atoms with Gasteiger partial charge in [0.2, 0.25) is 5.91 Å². The quantitative estimate of drug-likeness (QED) is 0.459. The largest absolute Gasteiger partial charge is 0.355 e. The first-order valence-corrected chi connectivity index (χ1v) is 12.6. The number of carbonyl (C=O) groups excluding carboxylic acids is 1. The molecule has 2 aromatic heterocycles. The van der Waals surface area contributed by atoms with Crippen molar-refractivity contribution in [2.75, 3.05) is 18.0 Å². The van der Waals surface area contributed by atoms with Crippen LogP contribution in [0.5, 0.6) is 0 Å². The summed E-state index contributed by atoms with van der Waals surface area (Å²) in [5.41, 5.74) is 8.27. The minimum Gasteiger partial charge on any atom is -0.355 e. The van der Waals surface area contributed by atoms with Crippen LogP contribution in [-0.2, 0) is 11.2 Å². The van der Waals surface area contributed by atoms with Crippen LogP contribution >= 0.6 is 0 Å². The van der Waals surface area contributed by atoms with E-state index in [1.807, 2.05) is 16.9 Å². The number of fused-ring (bicyclic) bond motifs is 2. The fraction of sp³-hybridized carbons (Fsp3) is 0.345. The molecule has 6 heteroatoms. The van der Waals surface area contributed by atoms with Crippen LogP contribution in [0, 0.1) is 19.8 Å². The van der Waals surface area contributed by atoms with E-state index in [9.17, 15) is 4.79 Å². The lowest BCUT2D eigenvalue weighted by atomic mass is 9.95. The first kappa shape index (κ1) is 21.8. The molecular formula is C29H31N5O. The molecule has 4 aromatic rings. The Morgan fingerprint density at radius 2 is 1.83 bits per heavy atom. The Balaban J connectivity index is 1.15. The van der Waals surface area contributed by atoms with Crippen molar-refractivity contribution in [2.24, 2.45) is 5.92 Å². The number of nitrogens with zero attached hydrogens (tertiary/aromatic N) is 4. The second-order valence-electron chi connectivity index (χ2n) is 9.97. The molecule has 6 nitrogen and oxygen atoms in total. The average Bonchev–Trinajstić information content (AvgIpc) is 3.50. The molecule has 1 aliphatic carbocycles. The summed E-state index contributed by atoms with van der Waals surface area (Å²) >= 11 is 0. The van der Waals surface area contributed by atoms with Crippen LogP contribution in [0.1, 0.15) is 47.6 Å². The van der Waals surface area contributed by atoms with Crippen LogP contribution in [0.25, 0.3) is 16.8 Å². The molecule has 1 saturated heterocycles. The van der Waals surface area contributed by atoms with Crippen LogP contribution in [0.15, 0.2) is 60.9 Å². The predicted molar refractivity (Wildman–Crippen MR) is 138 cm³/mol. The molecule has 6 rings (SSSR count). The average molecular weight is 466 g/mol. The second kappa shape index (κ2) is 8.84. The van der Waals surface area contributed by atoms with Crippen molar-refractivity contribution in [2.45, 2.75) is 45.6 Å². The summed E-state index contributed by atoms with van der Waals surface area (Å²) in [6.07, 6.45) is 7.44. The maximum Gasteiger partial charge on any atom is 0.223 e. The molecule has 2 aliphatic rings. The van der Waals surface area contributed by atoms with Crippen molar-refractivity contribution in [1.82, 2.24) is 19.9 Å². The van der Waals surface area contributed by atoms with Gasteiger partial charge in [-0.25, -0.2) is 9.50 Å². The molecule has 1 aliphatic heterocycles. The van der Waals surface area contributed by atoms with Crippen molar-refractivity contribution in [3.05, 3.63) is 83.2 Å². The van der Waals surface area contributed by atoms with Gasteiger partial charge in [-0.1, -0.05) is 36.4 Å². The highest BCUT2D eigenvalue weighted by Crippen LogP contribution is 2.32. The van der Waals surface area contributed by atoms with Gasteiger partial charge in [0.25, 0.3) is 0 Å². The van der Waals surface area contributed by atoms with E-state index in [1.165, 1.54) is 22.3 Å². The first-order valence-electron chi connectivity index (χ1n) is 12.6. The van der Waals surface area contributed by atoms with Crippen LogP contribution < -0.4 is 10.2 Å². The van der Waals surface area contributed by atoms with E-state index in [1.54, 1.807) is 0 Å². The Hall–Kier alpha value is -3.67. The Morgan fingerprint density at radius 3 is 2.66 bits per heavy atom. The van der Waals surface area contributed by atoms with E-state index in [0.717, 1.165) is 61.4 Å². The number of carbonyl (C=O) groups is 1. The van der Waals surface area contributed by atoms with Crippen LogP contribution in [0.3, 0.4) is 0 Å². The zero-order valence-corrected chi connectivity index (χ0v) is 20.4. The Morgan fingerprint density at radius 1 is 1.00 bits per heavy atom. The molecule has 35 heavy (non-hydrogen) atoms. The number of rotatable bonds is 4. The molecular weight excluding hydrogens is 434 g/mol. The third-order valence-corrected chi connectivity index (χ3v) is 7.79. The fourth-order valence-electron chi connectivity index (χ4n) is 5.54. The number of nitrogens with one attached hydrogen (secondary N) is 1. The van der Waals surface area contributed by atoms with Gasteiger partial charge in [0.1, 0.15) is 5.52 Å². The van der Waals surface area contributed by atoms with E-state index in [0.29, 0.717) is 0 Å². The van der Waals surface area contributed by atoms with Gasteiger partial charge < -0.3 is 10.2 Å². The minimum atomic E-state index is 0.0507. The fourth-order valence-corrected chi connectivity index (χ4v) is 5.54. The monoisotopic (exact) mass is 465 g/mol. The highest BCUT2D eigenvalue weighted by Gasteiger charge is 2.30. The van der Waals surface area contributed by atoms with E-state index >= 15 is 0 Å². The van der Waals surface area contributed by atoms with Gasteiger partial charge in [0.05, 0.1) is 11.7 Å². The van der Waals surface area contributed by atoms with Gasteiger partial charge in [-0.05, 0) is 73.9 Å². The molecule has 1 N–H and O–H groups in total. The van der Waals surface area contributed by atoms with Crippen molar-refractivity contribution in [1.29, 1.82) is 0 Å². The summed E-state index contributed by atoms with van der Waals surface area (Å²) in [5, 5.41) is 8.15. The molecule has 0 saturated carbocycles. The molecule has 0 bridgehead atoms. The van der Waals surface area contributed by atoms with E-state index < -0.39 is 0 Å². The Bertz CT molecular complexity index is 1400. The molecule has 2 aromatic carbocycles. The standard InChI is InChI=1S/C29H31N5O/c1-19-7-8-23(17-20(19)2)26-18-27-28(30-13-16-34(27)32-26)33-14-11-22(12-15-33)29(35)31-25-10-9-21-5-3-4-6-24(21)25/h3-8,13,16-18,22,25H,9-12,14-15H2,1-2H3,(H,31,35)/t25-/m1/s1. The maximum atomic E-state index is 13.1. The SMILES string of the molecule is Cc1ccc(-c2cc3c(N4CCC(C(=O)N[C@@H]5CCc6ccccc65)CC4)nccn3n2)cc1C. The summed E-state index contributed by atoms with van der Waals surface area (Å²) in [6.45, 7) is 5.89. The number of hydrogen-bond donors (Lipinski definition) is 1. The first-order chi connectivity index (χ1) is 17.1. The Labute approximate surface area is 206 Å². The second-order valence-corrected chi connectivity index (χ2v) is 9.97. The smallest absolute Gasteiger partial charge is 0.223 e. The lowest BCUT2D eigenvalue weighted by Gasteiger charge is -2.33. The molecule has 0 spiro atoms. The van der Waals surface area contributed by atoms with E-state index in [-0.39, 0.29) is 17.9 Å². The van der Waals surface area contributed by atoms with E-state index in [2.05, 4.69) is 72.6 Å². The zero-order valence-electron chi connectivity index (χ0n) is 20.4. The third-order valence-electron chi connectivity index (χ3n) is 7.79. The highest BCUT2D eigenvalue weighted by molar-refractivity contribution is 5.80. The summed E-state index contributed by atoms with van der Waals surface area (Å²) in [7, 11) is 0. The Kier molecular flexibility index (Phi) is 5.51. The highest BCUT2D eigenvalue weighted by atomic mass is 16.2. The van der Waals surface area contributed by atoms with Gasteiger partial charge >= 0.3 is 0 Å². The van der Waals surface area contributed by atoms with Gasteiger partial charge in [-0.3, -0.25) is 4.79 Å². The number of aryl methyl sites for hydroxylation is 3. The third kappa shape index (κ3) is 4.07. The predicted octanol–water partition coefficient (Wildman–Crippen LogP) is 5.03. The van der Waals surface area contributed by atoms with Gasteiger partial charge in [-0.15, -0.1) is 0 Å². The topological polar surface area (TPSA) is 62.5 Å². The lowest BCUT2D eigenvalue weighted by Crippen LogP contribution is -2.41. The van der Waals surface area contributed by atoms with Crippen LogP contribution in [0.4, 0.5) is 5.82 Å². The zero-order chi connectivity index (χ0) is 23.9. The summed E-state index contributed by atoms with van der Waals surface area (Å²) in [6, 6.07) is 17.2. The molecule has 1 fully saturated rings.